The molecule has 4 rings (SSSR count). The van der Waals surface area contributed by atoms with Gasteiger partial charge in [0.05, 0.1) is 26.8 Å². The van der Waals surface area contributed by atoms with Gasteiger partial charge in [-0.25, -0.2) is 0 Å². The molecule has 0 N–H and O–H groups in total. The average Bonchev–Trinajstić information content (AvgIpc) is 3.12. The van der Waals surface area contributed by atoms with E-state index in [4.69, 9.17) is 9.47 Å². The maximum Gasteiger partial charge on any atom is 0.223 e. The first-order valence-corrected chi connectivity index (χ1v) is 9.96. The van der Waals surface area contributed by atoms with E-state index in [9.17, 15) is 4.79 Å². The van der Waals surface area contributed by atoms with Crippen molar-refractivity contribution in [3.63, 3.8) is 0 Å². The first-order chi connectivity index (χ1) is 12.7. The van der Waals surface area contributed by atoms with Crippen molar-refractivity contribution in [3.8, 4) is 5.75 Å². The molecule has 0 aliphatic carbocycles. The number of carbonyl (C=O) groups excluding carboxylic acids is 1. The van der Waals surface area contributed by atoms with Crippen LogP contribution in [0.25, 0.3) is 0 Å². The number of carbonyl (C=O) groups is 1. The van der Waals surface area contributed by atoms with Crippen LogP contribution < -0.4 is 4.74 Å². The highest BCUT2D eigenvalue weighted by molar-refractivity contribution is 5.77. The van der Waals surface area contributed by atoms with Crippen molar-refractivity contribution in [2.45, 2.75) is 50.2 Å². The molecule has 0 radical (unpaired) electrons. The lowest BCUT2D eigenvalue weighted by molar-refractivity contribution is -0.157. The lowest BCUT2D eigenvalue weighted by Gasteiger charge is -2.47. The highest BCUT2D eigenvalue weighted by atomic mass is 16.5. The summed E-state index contributed by atoms with van der Waals surface area (Å²) in [5.74, 6) is 1.10. The summed E-state index contributed by atoms with van der Waals surface area (Å²) in [6.45, 7) is 4.83. The summed E-state index contributed by atoms with van der Waals surface area (Å²) in [4.78, 5) is 17.1. The summed E-state index contributed by atoms with van der Waals surface area (Å²) in [6.07, 6.45) is 6.45. The molecule has 0 bridgehead atoms. The Kier molecular flexibility index (Phi) is 5.18. The highest BCUT2D eigenvalue weighted by Crippen LogP contribution is 2.37. The van der Waals surface area contributed by atoms with Gasteiger partial charge in [-0.3, -0.25) is 9.69 Å². The van der Waals surface area contributed by atoms with Crippen LogP contribution >= 0.6 is 0 Å². The van der Waals surface area contributed by atoms with Crippen molar-refractivity contribution in [1.29, 1.82) is 0 Å². The Bertz CT molecular complexity index is 619. The van der Waals surface area contributed by atoms with Crippen molar-refractivity contribution in [2.75, 3.05) is 39.9 Å². The minimum atomic E-state index is -0.0577. The number of aryl methyl sites for hydroxylation is 1. The van der Waals surface area contributed by atoms with E-state index in [1.54, 1.807) is 7.11 Å². The third-order valence-corrected chi connectivity index (χ3v) is 6.19. The minimum Gasteiger partial charge on any atom is -0.497 e. The van der Waals surface area contributed by atoms with E-state index in [1.165, 1.54) is 37.9 Å². The molecule has 3 aliphatic heterocycles. The second-order valence-corrected chi connectivity index (χ2v) is 8.05. The Labute approximate surface area is 156 Å². The molecule has 3 saturated heterocycles. The molecule has 1 aromatic carbocycles. The molecule has 3 fully saturated rings. The van der Waals surface area contributed by atoms with Gasteiger partial charge in [-0.15, -0.1) is 0 Å². The van der Waals surface area contributed by atoms with Crippen molar-refractivity contribution in [2.24, 2.45) is 0 Å². The Morgan fingerprint density at radius 2 is 1.92 bits per heavy atom. The zero-order valence-corrected chi connectivity index (χ0v) is 15.8. The van der Waals surface area contributed by atoms with Crippen LogP contribution in [-0.4, -0.2) is 67.2 Å². The fraction of sp³-hybridized carbons (Fsp3) is 0.667. The second-order valence-electron chi connectivity index (χ2n) is 8.05. The van der Waals surface area contributed by atoms with Gasteiger partial charge in [-0.05, 0) is 56.5 Å². The molecule has 3 heterocycles. The van der Waals surface area contributed by atoms with Crippen LogP contribution in [-0.2, 0) is 16.0 Å². The lowest BCUT2D eigenvalue weighted by atomic mass is 9.88. The SMILES string of the molecule is COc1ccc(CCC(=O)N2CC3(C[C@H](N4CCCCC4)CO3)C2)cc1. The van der Waals surface area contributed by atoms with Gasteiger partial charge < -0.3 is 14.4 Å². The quantitative estimate of drug-likeness (QED) is 0.811. The Hall–Kier alpha value is -1.59. The molecule has 0 aromatic heterocycles. The number of benzene rings is 1. The summed E-state index contributed by atoms with van der Waals surface area (Å²) in [7, 11) is 1.67. The number of rotatable bonds is 5. The molecule has 26 heavy (non-hydrogen) atoms. The summed E-state index contributed by atoms with van der Waals surface area (Å²) in [6, 6.07) is 8.53. The van der Waals surface area contributed by atoms with Gasteiger partial charge in [0, 0.05) is 12.5 Å². The highest BCUT2D eigenvalue weighted by Gasteiger charge is 2.52. The minimum absolute atomic E-state index is 0.0577. The number of amides is 1. The van der Waals surface area contributed by atoms with E-state index >= 15 is 0 Å². The van der Waals surface area contributed by atoms with Crippen molar-refractivity contribution < 1.29 is 14.3 Å². The van der Waals surface area contributed by atoms with E-state index in [-0.39, 0.29) is 11.5 Å². The maximum absolute atomic E-state index is 12.5. The van der Waals surface area contributed by atoms with Crippen LogP contribution in [0.1, 0.15) is 37.7 Å². The zero-order chi connectivity index (χ0) is 18.0. The third kappa shape index (κ3) is 3.74. The van der Waals surface area contributed by atoms with Crippen molar-refractivity contribution in [1.82, 2.24) is 9.80 Å². The number of hydrogen-bond donors (Lipinski definition) is 0. The smallest absolute Gasteiger partial charge is 0.223 e. The fourth-order valence-electron chi connectivity index (χ4n) is 4.59. The number of ether oxygens (including phenoxy) is 2. The first kappa shape index (κ1) is 17.8. The molecule has 142 valence electrons. The number of hydrogen-bond acceptors (Lipinski definition) is 4. The van der Waals surface area contributed by atoms with E-state index in [0.717, 1.165) is 38.3 Å². The molecule has 5 heteroatoms. The molecule has 0 unspecified atom stereocenters. The Morgan fingerprint density at radius 3 is 2.62 bits per heavy atom. The van der Waals surface area contributed by atoms with E-state index in [0.29, 0.717) is 12.5 Å². The van der Waals surface area contributed by atoms with Gasteiger partial charge >= 0.3 is 0 Å². The van der Waals surface area contributed by atoms with Crippen LogP contribution in [0.15, 0.2) is 24.3 Å². The van der Waals surface area contributed by atoms with Crippen molar-refractivity contribution in [3.05, 3.63) is 29.8 Å². The molecule has 0 saturated carbocycles. The second kappa shape index (κ2) is 7.57. The molecule has 1 aromatic rings. The third-order valence-electron chi connectivity index (χ3n) is 6.19. The predicted octanol–water partition coefficient (Wildman–Crippen LogP) is 2.48. The van der Waals surface area contributed by atoms with Gasteiger partial charge in [0.15, 0.2) is 0 Å². The first-order valence-electron chi connectivity index (χ1n) is 9.96. The van der Waals surface area contributed by atoms with Crippen LogP contribution in [0.4, 0.5) is 0 Å². The lowest BCUT2D eigenvalue weighted by Crippen LogP contribution is -2.63. The molecule has 1 atom stereocenters. The van der Waals surface area contributed by atoms with Crippen LogP contribution in [0, 0.1) is 0 Å². The summed E-state index contributed by atoms with van der Waals surface area (Å²) in [5, 5.41) is 0. The summed E-state index contributed by atoms with van der Waals surface area (Å²) < 4.78 is 11.3. The van der Waals surface area contributed by atoms with Gasteiger partial charge in [-0.2, -0.15) is 0 Å². The van der Waals surface area contributed by atoms with Gasteiger partial charge in [0.1, 0.15) is 11.4 Å². The molecular weight excluding hydrogens is 328 g/mol. The monoisotopic (exact) mass is 358 g/mol. The molecule has 1 amide bonds. The van der Waals surface area contributed by atoms with Crippen LogP contribution in [0.2, 0.25) is 0 Å². The topological polar surface area (TPSA) is 42.0 Å². The molecule has 3 aliphatic rings. The number of methoxy groups -OCH3 is 1. The van der Waals surface area contributed by atoms with Crippen LogP contribution in [0.5, 0.6) is 5.75 Å². The largest absolute Gasteiger partial charge is 0.497 e. The molecule has 5 nitrogen and oxygen atoms in total. The van der Waals surface area contributed by atoms with Crippen LogP contribution in [0.3, 0.4) is 0 Å². The summed E-state index contributed by atoms with van der Waals surface area (Å²) in [5.41, 5.74) is 1.12. The number of nitrogens with zero attached hydrogens (tertiary/aromatic N) is 2. The van der Waals surface area contributed by atoms with Crippen molar-refractivity contribution >= 4 is 5.91 Å². The summed E-state index contributed by atoms with van der Waals surface area (Å²) >= 11 is 0. The van der Waals surface area contributed by atoms with E-state index in [1.807, 2.05) is 29.2 Å². The fourth-order valence-corrected chi connectivity index (χ4v) is 4.59. The zero-order valence-electron chi connectivity index (χ0n) is 15.8. The average molecular weight is 358 g/mol. The van der Waals surface area contributed by atoms with E-state index < -0.39 is 0 Å². The Morgan fingerprint density at radius 1 is 1.19 bits per heavy atom. The Balaban J connectivity index is 1.22. The number of piperidine rings is 1. The number of likely N-dealkylation sites (tertiary alicyclic amines) is 2. The molecular formula is C21H30N2O3. The van der Waals surface area contributed by atoms with Gasteiger partial charge in [-0.1, -0.05) is 18.6 Å². The van der Waals surface area contributed by atoms with Gasteiger partial charge in [0.25, 0.3) is 0 Å². The normalized spacial score (nSPS) is 25.3. The maximum atomic E-state index is 12.5. The predicted molar refractivity (Wildman–Crippen MR) is 100 cm³/mol. The standard InChI is InChI=1S/C21H30N2O3/c1-25-19-8-5-17(6-9-19)7-10-20(24)23-15-21(16-23)13-18(14-26-21)22-11-3-2-4-12-22/h5-6,8-9,18H,2-4,7,10-16H2,1H3/t18-/m0/s1. The van der Waals surface area contributed by atoms with E-state index in [2.05, 4.69) is 4.90 Å². The van der Waals surface area contributed by atoms with Gasteiger partial charge in [0.2, 0.25) is 5.91 Å². The molecule has 1 spiro atoms.